The highest BCUT2D eigenvalue weighted by atomic mass is 19.3. The van der Waals surface area contributed by atoms with Crippen LogP contribution in [0.25, 0.3) is 5.95 Å². The van der Waals surface area contributed by atoms with E-state index in [1.807, 2.05) is 6.92 Å². The van der Waals surface area contributed by atoms with E-state index in [0.717, 1.165) is 22.3 Å². The van der Waals surface area contributed by atoms with Crippen LogP contribution in [0.4, 0.5) is 8.78 Å². The Bertz CT molecular complexity index is 1110. The van der Waals surface area contributed by atoms with Crippen LogP contribution in [0, 0.1) is 13.8 Å². The van der Waals surface area contributed by atoms with Crippen LogP contribution in [0.1, 0.15) is 56.5 Å². The molecule has 1 atom stereocenters. The van der Waals surface area contributed by atoms with Crippen molar-refractivity contribution >= 4 is 5.97 Å². The number of imidazole rings is 1. The van der Waals surface area contributed by atoms with Crippen LogP contribution in [-0.4, -0.2) is 37.1 Å². The van der Waals surface area contributed by atoms with Gasteiger partial charge in [-0.2, -0.15) is 0 Å². The minimum atomic E-state index is -2.68. The molecule has 0 radical (unpaired) electrons. The molecule has 1 aliphatic rings. The molecule has 0 saturated heterocycles. The molecule has 2 aromatic heterocycles. The number of carbonyl (C=O) groups is 1. The van der Waals surface area contributed by atoms with E-state index in [1.165, 1.54) is 30.2 Å². The number of alkyl halides is 2. The predicted molar refractivity (Wildman–Crippen MR) is 106 cm³/mol. The van der Waals surface area contributed by atoms with Crippen molar-refractivity contribution in [2.75, 3.05) is 6.54 Å². The lowest BCUT2D eigenvalue weighted by molar-refractivity contribution is 0.0535. The third-order valence-electron chi connectivity index (χ3n) is 5.34. The van der Waals surface area contributed by atoms with E-state index in [0.29, 0.717) is 12.1 Å². The van der Waals surface area contributed by atoms with E-state index in [9.17, 15) is 18.7 Å². The summed E-state index contributed by atoms with van der Waals surface area (Å²) in [4.78, 5) is 23.9. The normalized spacial score (nSPS) is 14.1. The third-order valence-corrected chi connectivity index (χ3v) is 5.34. The highest BCUT2D eigenvalue weighted by molar-refractivity contribution is 5.93. The maximum atomic E-state index is 13.2. The van der Waals surface area contributed by atoms with Crippen molar-refractivity contribution < 1.29 is 23.4 Å². The SMILES string of the molecule is Cc1ncn(-c2ncc(CNCC(O)c3ccc4c(c3C)COC4=O)cn2)c1C(F)F. The maximum absolute atomic E-state index is 13.2. The van der Waals surface area contributed by atoms with Gasteiger partial charge in [-0.25, -0.2) is 28.5 Å². The van der Waals surface area contributed by atoms with E-state index in [4.69, 9.17) is 4.74 Å². The average molecular weight is 429 g/mol. The molecule has 1 unspecified atom stereocenters. The van der Waals surface area contributed by atoms with Gasteiger partial charge >= 0.3 is 5.97 Å². The Labute approximate surface area is 176 Å². The topological polar surface area (TPSA) is 102 Å². The summed E-state index contributed by atoms with van der Waals surface area (Å²) in [5.74, 6) is -0.225. The number of benzene rings is 1. The monoisotopic (exact) mass is 429 g/mol. The fourth-order valence-corrected chi connectivity index (χ4v) is 3.62. The maximum Gasteiger partial charge on any atom is 0.338 e. The Morgan fingerprint density at radius 1 is 1.23 bits per heavy atom. The number of cyclic esters (lactones) is 1. The molecule has 0 fully saturated rings. The van der Waals surface area contributed by atoms with Gasteiger partial charge in [0, 0.05) is 36.6 Å². The number of hydrogen-bond acceptors (Lipinski definition) is 7. The highest BCUT2D eigenvalue weighted by Crippen LogP contribution is 2.29. The summed E-state index contributed by atoms with van der Waals surface area (Å²) in [6.45, 7) is 4.24. The first-order valence-electron chi connectivity index (χ1n) is 9.68. The first-order valence-corrected chi connectivity index (χ1v) is 9.68. The molecule has 3 heterocycles. The summed E-state index contributed by atoms with van der Waals surface area (Å²) in [6.07, 6.45) is 0.897. The number of carbonyl (C=O) groups excluding carboxylic acids is 1. The van der Waals surface area contributed by atoms with Gasteiger partial charge in [-0.3, -0.25) is 4.57 Å². The molecule has 2 N–H and O–H groups in total. The quantitative estimate of drug-likeness (QED) is 0.557. The van der Waals surface area contributed by atoms with E-state index in [-0.39, 0.29) is 36.5 Å². The predicted octanol–water partition coefficient (Wildman–Crippen LogP) is 2.71. The number of nitrogens with zero attached hydrogens (tertiary/aromatic N) is 4. The summed E-state index contributed by atoms with van der Waals surface area (Å²) in [5, 5.41) is 13.7. The second kappa shape index (κ2) is 8.48. The lowest BCUT2D eigenvalue weighted by Gasteiger charge is -2.16. The van der Waals surface area contributed by atoms with Crippen molar-refractivity contribution in [3.63, 3.8) is 0 Å². The zero-order valence-electron chi connectivity index (χ0n) is 17.0. The van der Waals surface area contributed by atoms with E-state index < -0.39 is 12.5 Å². The zero-order valence-corrected chi connectivity index (χ0v) is 17.0. The number of aromatic nitrogens is 4. The minimum absolute atomic E-state index is 0.116. The van der Waals surface area contributed by atoms with Crippen LogP contribution in [-0.2, 0) is 17.9 Å². The highest BCUT2D eigenvalue weighted by Gasteiger charge is 2.25. The number of aliphatic hydroxyl groups is 1. The van der Waals surface area contributed by atoms with Gasteiger partial charge in [0.25, 0.3) is 6.43 Å². The fraction of sp³-hybridized carbons (Fsp3) is 0.333. The Balaban J connectivity index is 1.38. The molecular weight excluding hydrogens is 408 g/mol. The van der Waals surface area contributed by atoms with E-state index >= 15 is 0 Å². The van der Waals surface area contributed by atoms with Crippen molar-refractivity contribution in [3.05, 3.63) is 70.1 Å². The molecular formula is C21H21F2N5O3. The Morgan fingerprint density at radius 2 is 1.97 bits per heavy atom. The van der Waals surface area contributed by atoms with Crippen LogP contribution in [0.2, 0.25) is 0 Å². The molecule has 3 aromatic rings. The fourth-order valence-electron chi connectivity index (χ4n) is 3.62. The lowest BCUT2D eigenvalue weighted by Crippen LogP contribution is -2.22. The number of hydrogen-bond donors (Lipinski definition) is 2. The Kier molecular flexibility index (Phi) is 5.75. The van der Waals surface area contributed by atoms with Gasteiger partial charge in [-0.05, 0) is 31.0 Å². The summed E-state index contributed by atoms with van der Waals surface area (Å²) >= 11 is 0. The van der Waals surface area contributed by atoms with Crippen molar-refractivity contribution in [1.29, 1.82) is 0 Å². The number of aliphatic hydroxyl groups excluding tert-OH is 1. The average Bonchev–Trinajstić information content (AvgIpc) is 3.32. The molecule has 0 bridgehead atoms. The number of aryl methyl sites for hydroxylation is 1. The Hall–Kier alpha value is -3.24. The van der Waals surface area contributed by atoms with Crippen LogP contribution in [0.3, 0.4) is 0 Å². The lowest BCUT2D eigenvalue weighted by atomic mass is 9.95. The summed E-state index contributed by atoms with van der Waals surface area (Å²) in [6, 6.07) is 3.41. The van der Waals surface area contributed by atoms with Crippen molar-refractivity contribution in [3.8, 4) is 5.95 Å². The van der Waals surface area contributed by atoms with Crippen LogP contribution in [0.15, 0.2) is 30.9 Å². The number of esters is 1. The molecule has 0 spiro atoms. The van der Waals surface area contributed by atoms with Crippen LogP contribution >= 0.6 is 0 Å². The zero-order chi connectivity index (χ0) is 22.1. The molecule has 1 aliphatic heterocycles. The molecule has 8 nitrogen and oxygen atoms in total. The number of halogens is 2. The van der Waals surface area contributed by atoms with Gasteiger partial charge in [0.1, 0.15) is 18.6 Å². The van der Waals surface area contributed by atoms with E-state index in [2.05, 4.69) is 20.3 Å². The third kappa shape index (κ3) is 4.04. The van der Waals surface area contributed by atoms with Crippen molar-refractivity contribution in [1.82, 2.24) is 24.8 Å². The van der Waals surface area contributed by atoms with Crippen LogP contribution < -0.4 is 5.32 Å². The van der Waals surface area contributed by atoms with Gasteiger partial charge in [0.15, 0.2) is 0 Å². The molecule has 0 amide bonds. The second-order valence-electron chi connectivity index (χ2n) is 7.31. The van der Waals surface area contributed by atoms with Gasteiger partial charge < -0.3 is 15.2 Å². The van der Waals surface area contributed by atoms with Crippen molar-refractivity contribution in [2.45, 2.75) is 39.5 Å². The molecule has 31 heavy (non-hydrogen) atoms. The first-order chi connectivity index (χ1) is 14.9. The molecule has 162 valence electrons. The number of fused-ring (bicyclic) bond motifs is 1. The Morgan fingerprint density at radius 3 is 2.68 bits per heavy atom. The molecule has 0 saturated carbocycles. The number of rotatable bonds is 7. The second-order valence-corrected chi connectivity index (χ2v) is 7.31. The summed E-state index contributed by atoms with van der Waals surface area (Å²) in [7, 11) is 0. The molecule has 1 aromatic carbocycles. The summed E-state index contributed by atoms with van der Waals surface area (Å²) in [5.41, 5.74) is 3.66. The smallest absolute Gasteiger partial charge is 0.338 e. The molecule has 0 aliphatic carbocycles. The van der Waals surface area contributed by atoms with Gasteiger partial charge in [0.2, 0.25) is 5.95 Å². The van der Waals surface area contributed by atoms with Gasteiger partial charge in [-0.1, -0.05) is 6.07 Å². The summed E-state index contributed by atoms with van der Waals surface area (Å²) < 4.78 is 32.6. The van der Waals surface area contributed by atoms with E-state index in [1.54, 1.807) is 12.1 Å². The number of nitrogens with one attached hydrogen (secondary N) is 1. The van der Waals surface area contributed by atoms with Crippen LogP contribution in [0.5, 0.6) is 0 Å². The minimum Gasteiger partial charge on any atom is -0.457 e. The van der Waals surface area contributed by atoms with Crippen molar-refractivity contribution in [2.24, 2.45) is 0 Å². The molecule has 4 rings (SSSR count). The standard InChI is InChI=1S/C21H21F2N5O3/c1-11-14(3-4-15-16(11)9-31-20(15)30)17(29)8-24-5-13-6-25-21(26-7-13)28-10-27-12(2)18(28)19(22)23/h3-4,6-7,10,17,19,24,29H,5,8-9H2,1-2H3. The molecule has 10 heteroatoms. The first kappa shape index (κ1) is 21.0. The largest absolute Gasteiger partial charge is 0.457 e. The number of ether oxygens (including phenoxy) is 1. The van der Waals surface area contributed by atoms with Gasteiger partial charge in [-0.15, -0.1) is 0 Å². The van der Waals surface area contributed by atoms with Gasteiger partial charge in [0.05, 0.1) is 17.4 Å².